The number of thiol groups is 1. The number of carbonyl (C=O) groups excluding carboxylic acids is 3. The Morgan fingerprint density at radius 2 is 1.47 bits per heavy atom. The largest absolute Gasteiger partial charge is 0.480 e. The first-order valence-corrected chi connectivity index (χ1v) is 11.9. The molecule has 4 atom stereocenters. The van der Waals surface area contributed by atoms with E-state index >= 15 is 0 Å². The Labute approximate surface area is 194 Å². The highest BCUT2D eigenvalue weighted by Gasteiger charge is 2.30. The summed E-state index contributed by atoms with van der Waals surface area (Å²) in [6.45, 7) is 1.61. The number of carboxylic acid groups (broad SMARTS) is 1. The van der Waals surface area contributed by atoms with E-state index in [2.05, 4.69) is 33.9 Å². The summed E-state index contributed by atoms with van der Waals surface area (Å²) in [7, 11) is 0. The zero-order valence-electron chi connectivity index (χ0n) is 18.5. The lowest BCUT2D eigenvalue weighted by Crippen LogP contribution is -2.57. The first-order valence-electron chi connectivity index (χ1n) is 11.2. The third-order valence-corrected chi connectivity index (χ3v) is 5.70. The van der Waals surface area contributed by atoms with Gasteiger partial charge in [-0.15, -0.1) is 0 Å². The molecular weight excluding hydrogens is 436 g/mol. The molecule has 1 fully saturated rings. The van der Waals surface area contributed by atoms with Crippen LogP contribution in [0.2, 0.25) is 0 Å². The van der Waals surface area contributed by atoms with E-state index in [0.717, 1.165) is 13.0 Å². The first kappa shape index (κ1) is 28.1. The van der Waals surface area contributed by atoms with E-state index in [1.807, 2.05) is 0 Å². The van der Waals surface area contributed by atoms with Crippen LogP contribution in [0.5, 0.6) is 0 Å². The first-order chi connectivity index (χ1) is 15.3. The molecule has 12 heteroatoms. The molecule has 1 rings (SSSR count). The zero-order valence-corrected chi connectivity index (χ0v) is 19.4. The van der Waals surface area contributed by atoms with Crippen molar-refractivity contribution in [2.45, 2.75) is 75.5 Å². The minimum absolute atomic E-state index is 0.0538. The number of carbonyl (C=O) groups is 4. The Morgan fingerprint density at radius 1 is 0.906 bits per heavy atom. The topological polar surface area (TPSA) is 189 Å². The predicted molar refractivity (Wildman–Crippen MR) is 124 cm³/mol. The third kappa shape index (κ3) is 10.2. The maximum Gasteiger partial charge on any atom is 0.326 e. The molecule has 0 saturated carbocycles. The van der Waals surface area contributed by atoms with E-state index in [-0.39, 0.29) is 24.1 Å². The molecule has 0 aromatic heterocycles. The Bertz CT molecular complexity index is 617. The lowest BCUT2D eigenvalue weighted by molar-refractivity contribution is -0.142. The van der Waals surface area contributed by atoms with E-state index in [9.17, 15) is 24.3 Å². The van der Waals surface area contributed by atoms with E-state index in [0.29, 0.717) is 51.6 Å². The van der Waals surface area contributed by atoms with Crippen molar-refractivity contribution >= 4 is 36.3 Å². The van der Waals surface area contributed by atoms with Crippen molar-refractivity contribution in [1.29, 1.82) is 0 Å². The fraction of sp³-hybridized carbons (Fsp3) is 0.800. The number of nitrogens with two attached hydrogens (primary N) is 2. The SMILES string of the molecule is NCCCCC(NC(=O)C(CCCCN)NC(=O)C(CS)NC(=O)C1CCCN1)C(=O)O. The molecule has 0 aliphatic carbocycles. The van der Waals surface area contributed by atoms with Crippen molar-refractivity contribution in [2.24, 2.45) is 11.5 Å². The van der Waals surface area contributed by atoms with Gasteiger partial charge in [0, 0.05) is 5.75 Å². The van der Waals surface area contributed by atoms with Crippen molar-refractivity contribution in [3.8, 4) is 0 Å². The van der Waals surface area contributed by atoms with Crippen LogP contribution in [0, 0.1) is 0 Å². The van der Waals surface area contributed by atoms with Crippen molar-refractivity contribution in [2.75, 3.05) is 25.4 Å². The summed E-state index contributed by atoms with van der Waals surface area (Å²) >= 11 is 4.16. The number of aliphatic carboxylic acids is 1. The van der Waals surface area contributed by atoms with Gasteiger partial charge in [-0.1, -0.05) is 0 Å². The molecule has 0 aromatic rings. The van der Waals surface area contributed by atoms with Gasteiger partial charge in [0.05, 0.1) is 6.04 Å². The van der Waals surface area contributed by atoms with Crippen LogP contribution in [0.15, 0.2) is 0 Å². The van der Waals surface area contributed by atoms with Gasteiger partial charge >= 0.3 is 5.97 Å². The fourth-order valence-electron chi connectivity index (χ4n) is 3.43. The van der Waals surface area contributed by atoms with Crippen LogP contribution in [0.3, 0.4) is 0 Å². The molecule has 0 radical (unpaired) electrons. The highest BCUT2D eigenvalue weighted by molar-refractivity contribution is 7.80. The minimum atomic E-state index is -1.15. The standard InChI is InChI=1S/C20H38N6O5S/c21-9-3-1-6-14(18(28)25-15(20(30)31)7-2-4-10-22)24-19(29)16(12-32)26-17(27)13-8-5-11-23-13/h13-16,23,32H,1-12,21-22H2,(H,24,29)(H,25,28)(H,26,27)(H,30,31). The van der Waals surface area contributed by atoms with Gasteiger partial charge in [0.15, 0.2) is 0 Å². The quantitative estimate of drug-likeness (QED) is 0.0976. The molecule has 32 heavy (non-hydrogen) atoms. The van der Waals surface area contributed by atoms with Crippen LogP contribution in [-0.2, 0) is 19.2 Å². The summed E-state index contributed by atoms with van der Waals surface area (Å²) in [4.78, 5) is 49.4. The van der Waals surface area contributed by atoms with Crippen molar-refractivity contribution < 1.29 is 24.3 Å². The second-order valence-corrected chi connectivity index (χ2v) is 8.29. The minimum Gasteiger partial charge on any atom is -0.480 e. The highest BCUT2D eigenvalue weighted by Crippen LogP contribution is 2.07. The molecule has 9 N–H and O–H groups in total. The second kappa shape index (κ2) is 15.8. The summed E-state index contributed by atoms with van der Waals surface area (Å²) in [6, 6.07) is -3.29. The van der Waals surface area contributed by atoms with E-state index in [4.69, 9.17) is 11.5 Å². The van der Waals surface area contributed by atoms with Gasteiger partial charge < -0.3 is 37.8 Å². The lowest BCUT2D eigenvalue weighted by Gasteiger charge is -2.24. The van der Waals surface area contributed by atoms with Crippen LogP contribution in [0.1, 0.15) is 51.4 Å². The summed E-state index contributed by atoms with van der Waals surface area (Å²) in [5.74, 6) is -2.51. The van der Waals surface area contributed by atoms with E-state index in [1.54, 1.807) is 0 Å². The zero-order chi connectivity index (χ0) is 23.9. The van der Waals surface area contributed by atoms with E-state index < -0.39 is 35.9 Å². The van der Waals surface area contributed by atoms with Gasteiger partial charge in [-0.25, -0.2) is 4.79 Å². The van der Waals surface area contributed by atoms with E-state index in [1.165, 1.54) is 0 Å². The third-order valence-electron chi connectivity index (χ3n) is 5.33. The average Bonchev–Trinajstić information content (AvgIpc) is 3.31. The summed E-state index contributed by atoms with van der Waals surface area (Å²) < 4.78 is 0. The molecule has 184 valence electrons. The molecule has 0 bridgehead atoms. The second-order valence-electron chi connectivity index (χ2n) is 7.92. The Kier molecular flexibility index (Phi) is 13.9. The Hall–Kier alpha value is -1.89. The van der Waals surface area contributed by atoms with Crippen LogP contribution >= 0.6 is 12.6 Å². The summed E-state index contributed by atoms with van der Waals surface area (Å²) in [6.07, 6.45) is 4.54. The van der Waals surface area contributed by atoms with Gasteiger partial charge in [-0.3, -0.25) is 14.4 Å². The van der Waals surface area contributed by atoms with Gasteiger partial charge in [-0.05, 0) is 71.0 Å². The molecule has 11 nitrogen and oxygen atoms in total. The van der Waals surface area contributed by atoms with Gasteiger partial charge in [0.1, 0.15) is 18.1 Å². The van der Waals surface area contributed by atoms with Gasteiger partial charge in [0.25, 0.3) is 0 Å². The van der Waals surface area contributed by atoms with Crippen LogP contribution < -0.4 is 32.7 Å². The number of hydrogen-bond acceptors (Lipinski definition) is 8. The van der Waals surface area contributed by atoms with Gasteiger partial charge in [-0.2, -0.15) is 12.6 Å². The molecule has 1 aliphatic heterocycles. The molecule has 1 saturated heterocycles. The molecule has 0 aromatic carbocycles. The molecular formula is C20H38N6O5S. The Morgan fingerprint density at radius 3 is 1.97 bits per heavy atom. The van der Waals surface area contributed by atoms with Crippen LogP contribution in [0.25, 0.3) is 0 Å². The lowest BCUT2D eigenvalue weighted by atomic mass is 10.1. The number of rotatable bonds is 16. The maximum absolute atomic E-state index is 12.8. The number of hydrogen-bond donors (Lipinski definition) is 8. The maximum atomic E-state index is 12.8. The highest BCUT2D eigenvalue weighted by atomic mass is 32.1. The van der Waals surface area contributed by atoms with Crippen molar-refractivity contribution in [3.63, 3.8) is 0 Å². The average molecular weight is 475 g/mol. The number of nitrogens with one attached hydrogen (secondary N) is 4. The molecule has 0 spiro atoms. The smallest absolute Gasteiger partial charge is 0.326 e. The number of amides is 3. The van der Waals surface area contributed by atoms with Crippen LogP contribution in [-0.4, -0.2) is 78.4 Å². The number of carboxylic acids is 1. The summed E-state index contributed by atoms with van der Waals surface area (Å²) in [5.41, 5.74) is 11.0. The fourth-order valence-corrected chi connectivity index (χ4v) is 3.69. The van der Waals surface area contributed by atoms with Gasteiger partial charge in [0.2, 0.25) is 17.7 Å². The van der Waals surface area contributed by atoms with Crippen molar-refractivity contribution in [1.82, 2.24) is 21.3 Å². The Balaban J connectivity index is 2.77. The molecule has 1 aliphatic rings. The molecule has 3 amide bonds. The monoisotopic (exact) mass is 474 g/mol. The predicted octanol–water partition coefficient (Wildman–Crippen LogP) is -1.53. The molecule has 4 unspecified atom stereocenters. The van der Waals surface area contributed by atoms with Crippen LogP contribution in [0.4, 0.5) is 0 Å². The number of unbranched alkanes of at least 4 members (excludes halogenated alkanes) is 2. The molecule has 1 heterocycles. The normalized spacial score (nSPS) is 18.4. The van der Waals surface area contributed by atoms with Crippen molar-refractivity contribution in [3.05, 3.63) is 0 Å². The summed E-state index contributed by atoms with van der Waals surface area (Å²) in [5, 5.41) is 20.3.